The van der Waals surface area contributed by atoms with Gasteiger partial charge in [-0.2, -0.15) is 0 Å². The Morgan fingerprint density at radius 3 is 2.80 bits per heavy atom. The van der Waals surface area contributed by atoms with Crippen LogP contribution in [0.2, 0.25) is 0 Å². The molecule has 0 bridgehead atoms. The summed E-state index contributed by atoms with van der Waals surface area (Å²) in [5.74, 6) is 0. The van der Waals surface area contributed by atoms with Crippen molar-refractivity contribution >= 4 is 0 Å². The lowest BCUT2D eigenvalue weighted by molar-refractivity contribution is 0.493. The van der Waals surface area contributed by atoms with Crippen LogP contribution in [-0.2, 0) is 13.6 Å². The second-order valence-electron chi connectivity index (χ2n) is 5.41. The average molecular weight is 274 g/mol. The van der Waals surface area contributed by atoms with Crippen LogP contribution < -0.4 is 5.32 Å². The Kier molecular flexibility index (Phi) is 5.41. The predicted molar refractivity (Wildman–Crippen MR) is 82.7 cm³/mol. The average Bonchev–Trinajstić information content (AvgIpc) is 3.05. The van der Waals surface area contributed by atoms with Crippen molar-refractivity contribution in [3.05, 3.63) is 42.2 Å². The van der Waals surface area contributed by atoms with Gasteiger partial charge in [0.15, 0.2) is 0 Å². The number of aryl methyl sites for hydroxylation is 1. The third-order valence-corrected chi connectivity index (χ3v) is 3.65. The van der Waals surface area contributed by atoms with E-state index in [0.717, 1.165) is 13.1 Å². The van der Waals surface area contributed by atoms with E-state index in [1.807, 2.05) is 19.6 Å². The first-order chi connectivity index (χ1) is 9.74. The van der Waals surface area contributed by atoms with Gasteiger partial charge in [0, 0.05) is 31.7 Å². The van der Waals surface area contributed by atoms with E-state index in [1.165, 1.54) is 30.5 Å². The largest absolute Gasteiger partial charge is 0.348 e. The van der Waals surface area contributed by atoms with E-state index in [-0.39, 0.29) is 0 Å². The third kappa shape index (κ3) is 3.73. The molecule has 0 saturated heterocycles. The zero-order valence-corrected chi connectivity index (χ0v) is 12.8. The monoisotopic (exact) mass is 274 g/mol. The molecule has 0 aromatic carbocycles. The van der Waals surface area contributed by atoms with Crippen LogP contribution in [-0.4, -0.2) is 20.7 Å². The van der Waals surface area contributed by atoms with E-state index in [1.54, 1.807) is 0 Å². The molecule has 110 valence electrons. The summed E-state index contributed by atoms with van der Waals surface area (Å²) in [4.78, 5) is 4.17. The molecule has 0 amide bonds. The van der Waals surface area contributed by atoms with Crippen LogP contribution in [0.15, 0.2) is 31.0 Å². The van der Waals surface area contributed by atoms with Gasteiger partial charge in [-0.25, -0.2) is 4.98 Å². The fourth-order valence-electron chi connectivity index (χ4n) is 2.48. The van der Waals surface area contributed by atoms with Gasteiger partial charge in [0.05, 0.1) is 18.6 Å². The zero-order chi connectivity index (χ0) is 14.4. The van der Waals surface area contributed by atoms with Crippen LogP contribution in [0.4, 0.5) is 0 Å². The van der Waals surface area contributed by atoms with E-state index in [0.29, 0.717) is 6.04 Å². The maximum atomic E-state index is 4.17. The number of hydrogen-bond donors (Lipinski definition) is 1. The summed E-state index contributed by atoms with van der Waals surface area (Å²) >= 11 is 0. The summed E-state index contributed by atoms with van der Waals surface area (Å²) in [6.45, 7) is 6.41. The highest BCUT2D eigenvalue weighted by molar-refractivity contribution is 5.16. The third-order valence-electron chi connectivity index (χ3n) is 3.65. The number of imidazole rings is 1. The van der Waals surface area contributed by atoms with Crippen molar-refractivity contribution in [2.75, 3.05) is 6.54 Å². The van der Waals surface area contributed by atoms with Gasteiger partial charge in [-0.3, -0.25) is 0 Å². The molecule has 2 heterocycles. The van der Waals surface area contributed by atoms with Crippen molar-refractivity contribution in [3.8, 4) is 0 Å². The quantitative estimate of drug-likeness (QED) is 0.802. The van der Waals surface area contributed by atoms with Gasteiger partial charge in [0.25, 0.3) is 0 Å². The summed E-state index contributed by atoms with van der Waals surface area (Å²) in [7, 11) is 2.04. The SMILES string of the molecule is CCCNC(CCC)c1ccn(Cc2cncn2C)c1. The minimum absolute atomic E-state index is 0.479. The molecule has 1 atom stereocenters. The molecule has 0 saturated carbocycles. The molecule has 0 aliphatic rings. The molecule has 0 radical (unpaired) electrons. The van der Waals surface area contributed by atoms with Crippen molar-refractivity contribution in [2.24, 2.45) is 7.05 Å². The number of nitrogens with zero attached hydrogens (tertiary/aromatic N) is 3. The second-order valence-corrected chi connectivity index (χ2v) is 5.41. The first-order valence-corrected chi connectivity index (χ1v) is 7.58. The first-order valence-electron chi connectivity index (χ1n) is 7.58. The fraction of sp³-hybridized carbons (Fsp3) is 0.562. The molecule has 1 N–H and O–H groups in total. The number of nitrogens with one attached hydrogen (secondary N) is 1. The smallest absolute Gasteiger partial charge is 0.0946 e. The molecule has 20 heavy (non-hydrogen) atoms. The van der Waals surface area contributed by atoms with Gasteiger partial charge in [-0.15, -0.1) is 0 Å². The zero-order valence-electron chi connectivity index (χ0n) is 12.8. The predicted octanol–water partition coefficient (Wildman–Crippen LogP) is 3.11. The van der Waals surface area contributed by atoms with Crippen molar-refractivity contribution in [1.29, 1.82) is 0 Å². The van der Waals surface area contributed by atoms with Crippen LogP contribution >= 0.6 is 0 Å². The van der Waals surface area contributed by atoms with Crippen LogP contribution in [0, 0.1) is 0 Å². The molecule has 2 aromatic rings. The topological polar surface area (TPSA) is 34.8 Å². The fourth-order valence-corrected chi connectivity index (χ4v) is 2.48. The van der Waals surface area contributed by atoms with Gasteiger partial charge >= 0.3 is 0 Å². The molecule has 0 aliphatic carbocycles. The van der Waals surface area contributed by atoms with E-state index < -0.39 is 0 Å². The Bertz CT molecular complexity index is 512. The van der Waals surface area contributed by atoms with Crippen LogP contribution in [0.25, 0.3) is 0 Å². The van der Waals surface area contributed by atoms with E-state index in [9.17, 15) is 0 Å². The molecular weight excluding hydrogens is 248 g/mol. The van der Waals surface area contributed by atoms with E-state index >= 15 is 0 Å². The highest BCUT2D eigenvalue weighted by Gasteiger charge is 2.11. The highest BCUT2D eigenvalue weighted by atomic mass is 15.1. The summed E-state index contributed by atoms with van der Waals surface area (Å²) in [6.07, 6.45) is 11.8. The molecule has 2 aromatic heterocycles. The summed E-state index contributed by atoms with van der Waals surface area (Å²) in [5, 5.41) is 3.64. The molecule has 1 unspecified atom stereocenters. The number of aromatic nitrogens is 3. The maximum Gasteiger partial charge on any atom is 0.0946 e. The number of hydrogen-bond acceptors (Lipinski definition) is 2. The Labute approximate surface area is 121 Å². The minimum atomic E-state index is 0.479. The van der Waals surface area contributed by atoms with Gasteiger partial charge in [0.2, 0.25) is 0 Å². The number of rotatable bonds is 8. The van der Waals surface area contributed by atoms with E-state index in [4.69, 9.17) is 0 Å². The lowest BCUT2D eigenvalue weighted by Crippen LogP contribution is -2.21. The van der Waals surface area contributed by atoms with Crippen molar-refractivity contribution in [2.45, 2.75) is 45.7 Å². The highest BCUT2D eigenvalue weighted by Crippen LogP contribution is 2.19. The second kappa shape index (κ2) is 7.29. The molecule has 2 rings (SSSR count). The molecule has 4 nitrogen and oxygen atoms in total. The van der Waals surface area contributed by atoms with E-state index in [2.05, 4.69) is 51.7 Å². The molecule has 4 heteroatoms. The minimum Gasteiger partial charge on any atom is -0.348 e. The molecule has 0 fully saturated rings. The summed E-state index contributed by atoms with van der Waals surface area (Å²) < 4.78 is 4.31. The lowest BCUT2D eigenvalue weighted by atomic mass is 10.1. The van der Waals surface area contributed by atoms with Gasteiger partial charge in [-0.05, 0) is 31.0 Å². The Balaban J connectivity index is 2.04. The molecule has 0 aliphatic heterocycles. The van der Waals surface area contributed by atoms with Crippen LogP contribution in [0.5, 0.6) is 0 Å². The first kappa shape index (κ1) is 14.9. The lowest BCUT2D eigenvalue weighted by Gasteiger charge is -2.16. The van der Waals surface area contributed by atoms with Crippen LogP contribution in [0.3, 0.4) is 0 Å². The Morgan fingerprint density at radius 2 is 2.15 bits per heavy atom. The summed E-state index contributed by atoms with van der Waals surface area (Å²) in [5.41, 5.74) is 2.61. The van der Waals surface area contributed by atoms with Crippen molar-refractivity contribution < 1.29 is 0 Å². The van der Waals surface area contributed by atoms with Crippen molar-refractivity contribution in [3.63, 3.8) is 0 Å². The van der Waals surface area contributed by atoms with Gasteiger partial charge < -0.3 is 14.5 Å². The Hall–Kier alpha value is -1.55. The van der Waals surface area contributed by atoms with Gasteiger partial charge in [0.1, 0.15) is 0 Å². The molecular formula is C16H26N4. The molecule has 0 spiro atoms. The normalized spacial score (nSPS) is 12.8. The standard InChI is InChI=1S/C16H26N4/c1-4-6-16(18-8-5-2)14-7-9-20(11-14)12-15-10-17-13-19(15)3/h7,9-11,13,16,18H,4-6,8,12H2,1-3H3. The van der Waals surface area contributed by atoms with Gasteiger partial charge in [-0.1, -0.05) is 20.3 Å². The van der Waals surface area contributed by atoms with Crippen molar-refractivity contribution in [1.82, 2.24) is 19.4 Å². The van der Waals surface area contributed by atoms with Crippen LogP contribution in [0.1, 0.15) is 50.4 Å². The Morgan fingerprint density at radius 1 is 1.30 bits per heavy atom. The summed E-state index contributed by atoms with van der Waals surface area (Å²) in [6, 6.07) is 2.71. The maximum absolute atomic E-state index is 4.17.